The quantitative estimate of drug-likeness (QED) is 0.360. The molecule has 1 aromatic heterocycles. The zero-order chi connectivity index (χ0) is 17.4. The molecule has 0 spiro atoms. The van der Waals surface area contributed by atoms with Gasteiger partial charge in [-0.1, -0.05) is 42.7 Å². The highest BCUT2D eigenvalue weighted by atomic mass is 127. The largest absolute Gasteiger partial charge is 0.361 e. The third kappa shape index (κ3) is 6.51. The van der Waals surface area contributed by atoms with Gasteiger partial charge in [0.05, 0.1) is 5.69 Å². The molecule has 0 amide bonds. The van der Waals surface area contributed by atoms with Crippen molar-refractivity contribution in [2.75, 3.05) is 13.6 Å². The van der Waals surface area contributed by atoms with E-state index in [1.807, 2.05) is 18.2 Å². The van der Waals surface area contributed by atoms with E-state index in [2.05, 4.69) is 40.7 Å². The number of nitrogens with one attached hydrogen (secondary N) is 2. The fourth-order valence-corrected chi connectivity index (χ4v) is 2.76. The lowest BCUT2D eigenvalue weighted by Crippen LogP contribution is -2.38. The summed E-state index contributed by atoms with van der Waals surface area (Å²) in [6.07, 6.45) is 2.58. The molecule has 0 atom stereocenters. The number of aromatic nitrogens is 1. The molecule has 0 saturated heterocycles. The minimum atomic E-state index is 0. The van der Waals surface area contributed by atoms with E-state index in [0.717, 1.165) is 53.8 Å². The summed E-state index contributed by atoms with van der Waals surface area (Å²) in [6, 6.07) is 7.91. The van der Waals surface area contributed by atoms with Gasteiger partial charge >= 0.3 is 0 Å². The first-order chi connectivity index (χ1) is 11.7. The lowest BCUT2D eigenvalue weighted by molar-refractivity contribution is 0.380. The molecular weight excluding hydrogens is 451 g/mol. The van der Waals surface area contributed by atoms with Gasteiger partial charge < -0.3 is 15.2 Å². The number of benzene rings is 1. The van der Waals surface area contributed by atoms with Crippen molar-refractivity contribution in [3.8, 4) is 0 Å². The highest BCUT2D eigenvalue weighted by Gasteiger charge is 2.13. The zero-order valence-electron chi connectivity index (χ0n) is 14.9. The van der Waals surface area contributed by atoms with Gasteiger partial charge in [-0.15, -0.1) is 24.0 Å². The molecule has 0 unspecified atom stereocenters. The number of guanidine groups is 1. The summed E-state index contributed by atoms with van der Waals surface area (Å²) in [6.45, 7) is 5.60. The number of rotatable bonds is 7. The van der Waals surface area contributed by atoms with Crippen molar-refractivity contribution in [1.29, 1.82) is 0 Å². The van der Waals surface area contributed by atoms with E-state index in [4.69, 9.17) is 16.1 Å². The van der Waals surface area contributed by atoms with Crippen molar-refractivity contribution in [2.45, 2.75) is 39.7 Å². The normalized spacial score (nSPS) is 11.1. The Hall–Kier alpha value is -1.28. The Kier molecular flexibility index (Phi) is 9.89. The van der Waals surface area contributed by atoms with Crippen molar-refractivity contribution >= 4 is 41.5 Å². The molecule has 0 bridgehead atoms. The van der Waals surface area contributed by atoms with Crippen LogP contribution in [0.1, 0.15) is 36.4 Å². The van der Waals surface area contributed by atoms with E-state index in [-0.39, 0.29) is 24.0 Å². The van der Waals surface area contributed by atoms with E-state index in [1.54, 1.807) is 7.05 Å². The number of nitrogens with zero attached hydrogens (tertiary/aromatic N) is 2. The second-order valence-electron chi connectivity index (χ2n) is 5.47. The first kappa shape index (κ1) is 21.8. The van der Waals surface area contributed by atoms with Gasteiger partial charge in [0.15, 0.2) is 5.96 Å². The van der Waals surface area contributed by atoms with Gasteiger partial charge in [0.1, 0.15) is 5.76 Å². The molecule has 0 aliphatic heterocycles. The van der Waals surface area contributed by atoms with Gasteiger partial charge in [-0.3, -0.25) is 4.99 Å². The molecule has 7 heteroatoms. The molecule has 2 rings (SSSR count). The average Bonchev–Trinajstić information content (AvgIpc) is 3.00. The van der Waals surface area contributed by atoms with Crippen molar-refractivity contribution in [3.63, 3.8) is 0 Å². The fourth-order valence-electron chi connectivity index (χ4n) is 2.55. The van der Waals surface area contributed by atoms with Crippen LogP contribution in [0.5, 0.6) is 0 Å². The Labute approximate surface area is 171 Å². The highest BCUT2D eigenvalue weighted by molar-refractivity contribution is 14.0. The maximum atomic E-state index is 6.01. The molecule has 1 aromatic carbocycles. The number of halogens is 2. The molecule has 25 heavy (non-hydrogen) atoms. The van der Waals surface area contributed by atoms with Crippen LogP contribution in [-0.2, 0) is 25.8 Å². The predicted molar refractivity (Wildman–Crippen MR) is 114 cm³/mol. The first-order valence-corrected chi connectivity index (χ1v) is 8.70. The highest BCUT2D eigenvalue weighted by Crippen LogP contribution is 2.15. The molecular formula is C18H26ClIN4O. The van der Waals surface area contributed by atoms with E-state index in [9.17, 15) is 0 Å². The van der Waals surface area contributed by atoms with Crippen LogP contribution < -0.4 is 10.6 Å². The molecule has 1 heterocycles. The minimum Gasteiger partial charge on any atom is -0.361 e. The number of hydrogen-bond donors (Lipinski definition) is 2. The molecule has 0 saturated carbocycles. The van der Waals surface area contributed by atoms with Crippen molar-refractivity contribution < 1.29 is 4.52 Å². The molecule has 0 aliphatic carbocycles. The van der Waals surface area contributed by atoms with Gasteiger partial charge in [-0.25, -0.2) is 0 Å². The van der Waals surface area contributed by atoms with Crippen LogP contribution in [0.25, 0.3) is 0 Å². The SMILES string of the molecule is CCc1noc(CC)c1CNC(=NC)NCCc1cccc(Cl)c1.I. The summed E-state index contributed by atoms with van der Waals surface area (Å²) >= 11 is 6.01. The zero-order valence-corrected chi connectivity index (χ0v) is 18.0. The van der Waals surface area contributed by atoms with Crippen LogP contribution in [0.4, 0.5) is 0 Å². The molecule has 0 radical (unpaired) electrons. The van der Waals surface area contributed by atoms with Crippen LogP contribution in [0.15, 0.2) is 33.8 Å². The number of hydrogen-bond acceptors (Lipinski definition) is 3. The van der Waals surface area contributed by atoms with Crippen LogP contribution in [0.3, 0.4) is 0 Å². The van der Waals surface area contributed by atoms with Gasteiger partial charge in [0.25, 0.3) is 0 Å². The van der Waals surface area contributed by atoms with Crippen LogP contribution in [0, 0.1) is 0 Å². The molecule has 5 nitrogen and oxygen atoms in total. The van der Waals surface area contributed by atoms with Gasteiger partial charge in [0, 0.05) is 37.1 Å². The molecule has 2 N–H and O–H groups in total. The van der Waals surface area contributed by atoms with Gasteiger partial charge in [0.2, 0.25) is 0 Å². The maximum Gasteiger partial charge on any atom is 0.191 e. The standard InChI is InChI=1S/C18H25ClN4O.HI/c1-4-16-15(17(5-2)24-23-16)12-22-18(20-3)21-10-9-13-7-6-8-14(19)11-13;/h6-8,11H,4-5,9-10,12H2,1-3H3,(H2,20,21,22);1H. The van der Waals surface area contributed by atoms with E-state index in [0.29, 0.717) is 6.54 Å². The Morgan fingerprint density at radius 1 is 1.24 bits per heavy atom. The Bertz CT molecular complexity index is 666. The van der Waals surface area contributed by atoms with E-state index >= 15 is 0 Å². The third-order valence-electron chi connectivity index (χ3n) is 3.86. The third-order valence-corrected chi connectivity index (χ3v) is 4.09. The summed E-state index contributed by atoms with van der Waals surface area (Å²) in [5.41, 5.74) is 3.34. The van der Waals surface area contributed by atoms with Gasteiger partial charge in [-0.05, 0) is 30.5 Å². The predicted octanol–water partition coefficient (Wildman–Crippen LogP) is 3.98. The van der Waals surface area contributed by atoms with Crippen LogP contribution in [-0.4, -0.2) is 24.7 Å². The monoisotopic (exact) mass is 476 g/mol. The van der Waals surface area contributed by atoms with Crippen molar-refractivity contribution in [3.05, 3.63) is 51.9 Å². The minimum absolute atomic E-state index is 0. The first-order valence-electron chi connectivity index (χ1n) is 8.33. The van der Waals surface area contributed by atoms with Crippen LogP contribution >= 0.6 is 35.6 Å². The lowest BCUT2D eigenvalue weighted by Gasteiger charge is -2.12. The second kappa shape index (κ2) is 11.4. The van der Waals surface area contributed by atoms with Crippen molar-refractivity contribution in [2.24, 2.45) is 4.99 Å². The Balaban J connectivity index is 0.00000312. The summed E-state index contributed by atoms with van der Waals surface area (Å²) in [7, 11) is 1.77. The fraction of sp³-hybridized carbons (Fsp3) is 0.444. The summed E-state index contributed by atoms with van der Waals surface area (Å²) < 4.78 is 5.39. The van der Waals surface area contributed by atoms with E-state index in [1.165, 1.54) is 5.56 Å². The molecule has 2 aromatic rings. The average molecular weight is 477 g/mol. The Morgan fingerprint density at radius 3 is 2.68 bits per heavy atom. The maximum absolute atomic E-state index is 6.01. The molecule has 138 valence electrons. The number of aryl methyl sites for hydroxylation is 2. The smallest absolute Gasteiger partial charge is 0.191 e. The van der Waals surface area contributed by atoms with E-state index < -0.39 is 0 Å². The topological polar surface area (TPSA) is 62.5 Å². The van der Waals surface area contributed by atoms with Crippen molar-refractivity contribution in [1.82, 2.24) is 15.8 Å². The van der Waals surface area contributed by atoms with Gasteiger partial charge in [-0.2, -0.15) is 0 Å². The summed E-state index contributed by atoms with van der Waals surface area (Å²) in [5.74, 6) is 1.70. The second-order valence-corrected chi connectivity index (χ2v) is 5.91. The number of aliphatic imine (C=N–C) groups is 1. The summed E-state index contributed by atoms with van der Waals surface area (Å²) in [4.78, 5) is 4.26. The molecule has 0 fully saturated rings. The summed E-state index contributed by atoms with van der Waals surface area (Å²) in [5, 5.41) is 11.5. The van der Waals surface area contributed by atoms with Crippen LogP contribution in [0.2, 0.25) is 5.02 Å². The Morgan fingerprint density at radius 2 is 2.04 bits per heavy atom. The molecule has 0 aliphatic rings. The lowest BCUT2D eigenvalue weighted by atomic mass is 10.1.